The van der Waals surface area contributed by atoms with E-state index in [1.165, 1.54) is 0 Å². The van der Waals surface area contributed by atoms with Crippen LogP contribution in [0.3, 0.4) is 0 Å². The Morgan fingerprint density at radius 2 is 1.88 bits per heavy atom. The van der Waals surface area contributed by atoms with E-state index in [9.17, 15) is 5.11 Å². The Kier molecular flexibility index (Phi) is 4.26. The molecule has 17 heavy (non-hydrogen) atoms. The van der Waals surface area contributed by atoms with Gasteiger partial charge in [0.05, 0.1) is 12.7 Å². The van der Waals surface area contributed by atoms with Crippen LogP contribution in [0, 0.1) is 5.92 Å². The minimum atomic E-state index is -0.339. The number of rotatable bonds is 7. The van der Waals surface area contributed by atoms with Gasteiger partial charge in [-0.05, 0) is 37.3 Å². The number of benzene rings is 1. The Morgan fingerprint density at radius 1 is 1.24 bits per heavy atom. The van der Waals surface area contributed by atoms with Gasteiger partial charge in [-0.15, -0.1) is 0 Å². The zero-order valence-electron chi connectivity index (χ0n) is 10.3. The quantitative estimate of drug-likeness (QED) is 0.791. The molecule has 3 nitrogen and oxygen atoms in total. The molecular formula is C14H20O3. The molecule has 1 fully saturated rings. The molecule has 3 heteroatoms. The summed E-state index contributed by atoms with van der Waals surface area (Å²) in [4.78, 5) is 0. The molecule has 1 aliphatic rings. The average Bonchev–Trinajstić information content (AvgIpc) is 3.18. The molecule has 1 N–H and O–H groups in total. The zero-order chi connectivity index (χ0) is 12.1. The van der Waals surface area contributed by atoms with E-state index in [1.54, 1.807) is 0 Å². The normalized spacial score (nSPS) is 16.6. The van der Waals surface area contributed by atoms with Crippen molar-refractivity contribution in [1.82, 2.24) is 0 Å². The highest BCUT2D eigenvalue weighted by Gasteiger charge is 2.30. The van der Waals surface area contributed by atoms with E-state index in [0.29, 0.717) is 19.1 Å². The fraction of sp³-hybridized carbons (Fsp3) is 0.571. The summed E-state index contributed by atoms with van der Waals surface area (Å²) in [7, 11) is 0. The van der Waals surface area contributed by atoms with Crippen LogP contribution >= 0.6 is 0 Å². The maximum Gasteiger partial charge on any atom is 0.161 e. The van der Waals surface area contributed by atoms with Gasteiger partial charge in [0.2, 0.25) is 0 Å². The van der Waals surface area contributed by atoms with Gasteiger partial charge in [-0.3, -0.25) is 0 Å². The highest BCUT2D eigenvalue weighted by Crippen LogP contribution is 2.33. The first kappa shape index (κ1) is 12.2. The van der Waals surface area contributed by atoms with E-state index in [0.717, 1.165) is 30.8 Å². The van der Waals surface area contributed by atoms with E-state index in [1.807, 2.05) is 24.3 Å². The number of para-hydroxylation sites is 2. The predicted molar refractivity (Wildman–Crippen MR) is 66.5 cm³/mol. The second-order valence-corrected chi connectivity index (χ2v) is 4.51. The average molecular weight is 236 g/mol. The van der Waals surface area contributed by atoms with Crippen LogP contribution in [0.5, 0.6) is 11.5 Å². The van der Waals surface area contributed by atoms with Crippen LogP contribution in [0.1, 0.15) is 26.2 Å². The monoisotopic (exact) mass is 236 g/mol. The first-order valence-corrected chi connectivity index (χ1v) is 6.34. The smallest absolute Gasteiger partial charge is 0.161 e. The maximum absolute atomic E-state index is 9.75. The third kappa shape index (κ3) is 3.63. The Morgan fingerprint density at radius 3 is 2.47 bits per heavy atom. The first-order chi connectivity index (χ1) is 8.31. The summed E-state index contributed by atoms with van der Waals surface area (Å²) in [6.07, 6.45) is 2.88. The largest absolute Gasteiger partial charge is 0.490 e. The SMILES string of the molecule is CCCOc1ccccc1OCC(O)C1CC1. The van der Waals surface area contributed by atoms with Crippen molar-refractivity contribution in [2.45, 2.75) is 32.3 Å². The summed E-state index contributed by atoms with van der Waals surface area (Å²) < 4.78 is 11.2. The lowest BCUT2D eigenvalue weighted by molar-refractivity contribution is 0.0874. The maximum atomic E-state index is 9.75. The lowest BCUT2D eigenvalue weighted by Gasteiger charge is -2.14. The minimum Gasteiger partial charge on any atom is -0.490 e. The topological polar surface area (TPSA) is 38.7 Å². The Hall–Kier alpha value is -1.22. The van der Waals surface area contributed by atoms with Crippen molar-refractivity contribution in [3.8, 4) is 11.5 Å². The molecule has 94 valence electrons. The van der Waals surface area contributed by atoms with Gasteiger partial charge in [0, 0.05) is 0 Å². The third-order valence-corrected chi connectivity index (χ3v) is 2.89. The summed E-state index contributed by atoms with van der Waals surface area (Å²) in [5.74, 6) is 1.93. The molecule has 1 unspecified atom stereocenters. The predicted octanol–water partition coefficient (Wildman–Crippen LogP) is 2.63. The third-order valence-electron chi connectivity index (χ3n) is 2.89. The second-order valence-electron chi connectivity index (χ2n) is 4.51. The van der Waals surface area contributed by atoms with Gasteiger partial charge in [0.1, 0.15) is 6.61 Å². The summed E-state index contributed by atoms with van der Waals surface area (Å²) in [6, 6.07) is 7.62. The zero-order valence-corrected chi connectivity index (χ0v) is 10.3. The van der Waals surface area contributed by atoms with E-state index in [2.05, 4.69) is 6.92 Å². The molecule has 1 aromatic rings. The second kappa shape index (κ2) is 5.92. The van der Waals surface area contributed by atoms with Gasteiger partial charge in [-0.25, -0.2) is 0 Å². The van der Waals surface area contributed by atoms with Crippen molar-refractivity contribution < 1.29 is 14.6 Å². The number of aliphatic hydroxyl groups excluding tert-OH is 1. The van der Waals surface area contributed by atoms with Crippen LogP contribution in [0.15, 0.2) is 24.3 Å². The highest BCUT2D eigenvalue weighted by molar-refractivity contribution is 5.39. The molecule has 0 radical (unpaired) electrons. The van der Waals surface area contributed by atoms with Crippen LogP contribution in [-0.2, 0) is 0 Å². The van der Waals surface area contributed by atoms with Crippen molar-refractivity contribution in [1.29, 1.82) is 0 Å². The van der Waals surface area contributed by atoms with Gasteiger partial charge < -0.3 is 14.6 Å². The molecule has 1 aromatic carbocycles. The molecule has 0 aromatic heterocycles. The molecule has 1 aliphatic carbocycles. The fourth-order valence-electron chi connectivity index (χ4n) is 1.69. The number of ether oxygens (including phenoxy) is 2. The standard InChI is InChI=1S/C14H20O3/c1-2-9-16-13-5-3-4-6-14(13)17-10-12(15)11-7-8-11/h3-6,11-12,15H,2,7-10H2,1H3. The molecule has 2 rings (SSSR count). The molecule has 0 heterocycles. The summed E-state index contributed by atoms with van der Waals surface area (Å²) >= 11 is 0. The summed E-state index contributed by atoms with van der Waals surface area (Å²) in [5.41, 5.74) is 0. The van der Waals surface area contributed by atoms with Crippen molar-refractivity contribution in [3.63, 3.8) is 0 Å². The van der Waals surface area contributed by atoms with E-state index in [-0.39, 0.29) is 6.10 Å². The molecule has 0 saturated heterocycles. The van der Waals surface area contributed by atoms with Gasteiger partial charge in [-0.1, -0.05) is 19.1 Å². The van der Waals surface area contributed by atoms with Crippen molar-refractivity contribution in [2.75, 3.05) is 13.2 Å². The highest BCUT2D eigenvalue weighted by atomic mass is 16.5. The van der Waals surface area contributed by atoms with Crippen molar-refractivity contribution in [3.05, 3.63) is 24.3 Å². The molecule has 0 bridgehead atoms. The van der Waals surface area contributed by atoms with Crippen LogP contribution in [0.4, 0.5) is 0 Å². The van der Waals surface area contributed by atoms with E-state index < -0.39 is 0 Å². The lowest BCUT2D eigenvalue weighted by atomic mass is 10.2. The van der Waals surface area contributed by atoms with Gasteiger partial charge in [-0.2, -0.15) is 0 Å². The van der Waals surface area contributed by atoms with Crippen LogP contribution < -0.4 is 9.47 Å². The molecule has 1 atom stereocenters. The Balaban J connectivity index is 1.89. The van der Waals surface area contributed by atoms with E-state index in [4.69, 9.17) is 9.47 Å². The van der Waals surface area contributed by atoms with Crippen molar-refractivity contribution >= 4 is 0 Å². The summed E-state index contributed by atoms with van der Waals surface area (Å²) in [6.45, 7) is 3.11. The van der Waals surface area contributed by atoms with Crippen LogP contribution in [-0.4, -0.2) is 24.4 Å². The number of hydrogen-bond donors (Lipinski definition) is 1. The van der Waals surface area contributed by atoms with Gasteiger partial charge >= 0.3 is 0 Å². The van der Waals surface area contributed by atoms with E-state index >= 15 is 0 Å². The lowest BCUT2D eigenvalue weighted by Crippen LogP contribution is -2.19. The van der Waals surface area contributed by atoms with Crippen LogP contribution in [0.2, 0.25) is 0 Å². The minimum absolute atomic E-state index is 0.339. The molecule has 0 amide bonds. The Labute approximate surface area is 102 Å². The van der Waals surface area contributed by atoms with Gasteiger partial charge in [0.25, 0.3) is 0 Å². The molecule has 0 spiro atoms. The van der Waals surface area contributed by atoms with Crippen LogP contribution in [0.25, 0.3) is 0 Å². The first-order valence-electron chi connectivity index (χ1n) is 6.34. The summed E-state index contributed by atoms with van der Waals surface area (Å²) in [5, 5.41) is 9.75. The molecule has 1 saturated carbocycles. The molecular weight excluding hydrogens is 216 g/mol. The molecule has 0 aliphatic heterocycles. The number of aliphatic hydroxyl groups is 1. The van der Waals surface area contributed by atoms with Crippen molar-refractivity contribution in [2.24, 2.45) is 5.92 Å². The fourth-order valence-corrected chi connectivity index (χ4v) is 1.69. The van der Waals surface area contributed by atoms with Gasteiger partial charge in [0.15, 0.2) is 11.5 Å². The number of hydrogen-bond acceptors (Lipinski definition) is 3. The Bertz CT molecular complexity index is 347.